The highest BCUT2D eigenvalue weighted by Gasteiger charge is 2.19. The predicted molar refractivity (Wildman–Crippen MR) is 123 cm³/mol. The van der Waals surface area contributed by atoms with E-state index in [0.29, 0.717) is 28.1 Å². The molecular weight excluding hydrogens is 474 g/mol. The van der Waals surface area contributed by atoms with Crippen LogP contribution in [0.15, 0.2) is 46.9 Å². The van der Waals surface area contributed by atoms with E-state index in [4.69, 9.17) is 20.3 Å². The van der Waals surface area contributed by atoms with Gasteiger partial charge < -0.3 is 20.3 Å². The van der Waals surface area contributed by atoms with E-state index in [1.165, 1.54) is 11.8 Å². The standard InChI is InChI=1S/C23H20BrN5O3/c1-31-20-11-16(10-19(24)22(20)32-14-15-5-3-2-4-6-15)9-17(12-25)21-18(13-26)23(27)29(28-21)7-8-30/h2-6,9-11,30H,7-8,14,27H2,1H3. The lowest BCUT2D eigenvalue weighted by Gasteiger charge is -2.14. The van der Waals surface area contributed by atoms with Crippen molar-refractivity contribution in [3.05, 3.63) is 69.3 Å². The highest BCUT2D eigenvalue weighted by molar-refractivity contribution is 9.10. The minimum atomic E-state index is -0.198. The molecule has 3 N–H and O–H groups in total. The van der Waals surface area contributed by atoms with Gasteiger partial charge in [0.15, 0.2) is 11.5 Å². The summed E-state index contributed by atoms with van der Waals surface area (Å²) in [5.41, 5.74) is 7.98. The zero-order valence-corrected chi connectivity index (χ0v) is 18.8. The number of allylic oxidation sites excluding steroid dienone is 1. The number of rotatable bonds is 8. The molecule has 32 heavy (non-hydrogen) atoms. The van der Waals surface area contributed by atoms with E-state index in [1.807, 2.05) is 36.4 Å². The molecule has 3 aromatic rings. The van der Waals surface area contributed by atoms with Gasteiger partial charge in [0.25, 0.3) is 0 Å². The average molecular weight is 494 g/mol. The zero-order valence-electron chi connectivity index (χ0n) is 17.2. The second-order valence-electron chi connectivity index (χ2n) is 6.65. The zero-order chi connectivity index (χ0) is 23.1. The fourth-order valence-electron chi connectivity index (χ4n) is 3.05. The second-order valence-corrected chi connectivity index (χ2v) is 7.50. The fourth-order valence-corrected chi connectivity index (χ4v) is 3.63. The van der Waals surface area contributed by atoms with E-state index in [9.17, 15) is 10.5 Å². The third-order valence-electron chi connectivity index (χ3n) is 4.58. The Bertz CT molecular complexity index is 1220. The van der Waals surface area contributed by atoms with Crippen LogP contribution >= 0.6 is 15.9 Å². The SMILES string of the molecule is COc1cc(C=C(C#N)c2nn(CCO)c(N)c2C#N)cc(Br)c1OCc1ccccc1. The van der Waals surface area contributed by atoms with Crippen LogP contribution in [-0.2, 0) is 13.2 Å². The first kappa shape index (κ1) is 22.9. The molecule has 0 saturated heterocycles. The van der Waals surface area contributed by atoms with Gasteiger partial charge in [0.05, 0.1) is 30.3 Å². The highest BCUT2D eigenvalue weighted by Crippen LogP contribution is 2.38. The summed E-state index contributed by atoms with van der Waals surface area (Å²) < 4.78 is 13.4. The maximum absolute atomic E-state index is 9.72. The van der Waals surface area contributed by atoms with Gasteiger partial charge in [0.2, 0.25) is 0 Å². The van der Waals surface area contributed by atoms with Crippen LogP contribution in [0.25, 0.3) is 11.6 Å². The topological polar surface area (TPSA) is 130 Å². The number of nitrogens with zero attached hydrogens (tertiary/aromatic N) is 4. The van der Waals surface area contributed by atoms with Gasteiger partial charge in [-0.15, -0.1) is 0 Å². The van der Waals surface area contributed by atoms with Crippen LogP contribution in [0.4, 0.5) is 5.82 Å². The summed E-state index contributed by atoms with van der Waals surface area (Å²) in [5.74, 6) is 1.10. The van der Waals surface area contributed by atoms with Gasteiger partial charge in [-0.05, 0) is 45.3 Å². The molecule has 0 aliphatic rings. The minimum absolute atomic E-state index is 0.0834. The van der Waals surface area contributed by atoms with Crippen molar-refractivity contribution in [2.75, 3.05) is 19.5 Å². The second kappa shape index (κ2) is 10.5. The Balaban J connectivity index is 1.97. The predicted octanol–water partition coefficient (Wildman–Crippen LogP) is 3.74. The summed E-state index contributed by atoms with van der Waals surface area (Å²) >= 11 is 3.51. The minimum Gasteiger partial charge on any atom is -0.493 e. The van der Waals surface area contributed by atoms with Gasteiger partial charge in [-0.25, -0.2) is 4.68 Å². The number of nitrogens with two attached hydrogens (primary N) is 1. The Morgan fingerprint density at radius 2 is 2.03 bits per heavy atom. The van der Waals surface area contributed by atoms with Crippen LogP contribution in [-0.4, -0.2) is 28.6 Å². The molecule has 2 aromatic carbocycles. The Kier molecular flexibility index (Phi) is 7.50. The summed E-state index contributed by atoms with van der Waals surface area (Å²) in [4.78, 5) is 0. The van der Waals surface area contributed by atoms with E-state index in [2.05, 4.69) is 27.1 Å². The van der Waals surface area contributed by atoms with Gasteiger partial charge in [0, 0.05) is 0 Å². The smallest absolute Gasteiger partial charge is 0.175 e. The molecule has 0 aliphatic heterocycles. The van der Waals surface area contributed by atoms with Crippen LogP contribution in [0, 0.1) is 22.7 Å². The number of hydrogen-bond acceptors (Lipinski definition) is 7. The lowest BCUT2D eigenvalue weighted by Crippen LogP contribution is -2.07. The van der Waals surface area contributed by atoms with Gasteiger partial charge in [-0.1, -0.05) is 30.3 Å². The first-order valence-corrected chi connectivity index (χ1v) is 10.3. The summed E-state index contributed by atoms with van der Waals surface area (Å²) in [6.45, 7) is 0.282. The summed E-state index contributed by atoms with van der Waals surface area (Å²) in [6.07, 6.45) is 1.58. The Hall–Kier alpha value is -3.79. The largest absolute Gasteiger partial charge is 0.493 e. The van der Waals surface area contributed by atoms with Crippen molar-refractivity contribution in [3.63, 3.8) is 0 Å². The summed E-state index contributed by atoms with van der Waals surface area (Å²) in [7, 11) is 1.53. The van der Waals surface area contributed by atoms with E-state index in [-0.39, 0.29) is 35.8 Å². The molecule has 8 nitrogen and oxygen atoms in total. The van der Waals surface area contributed by atoms with Crippen molar-refractivity contribution in [1.29, 1.82) is 10.5 Å². The van der Waals surface area contributed by atoms with Crippen molar-refractivity contribution in [3.8, 4) is 23.6 Å². The third kappa shape index (κ3) is 4.92. The Morgan fingerprint density at radius 3 is 2.66 bits per heavy atom. The molecule has 0 radical (unpaired) electrons. The number of aromatic nitrogens is 2. The van der Waals surface area contributed by atoms with Crippen molar-refractivity contribution in [2.24, 2.45) is 0 Å². The quantitative estimate of drug-likeness (QED) is 0.456. The highest BCUT2D eigenvalue weighted by atomic mass is 79.9. The van der Waals surface area contributed by atoms with Crippen LogP contribution in [0.5, 0.6) is 11.5 Å². The number of ether oxygens (including phenoxy) is 2. The molecule has 1 heterocycles. The van der Waals surface area contributed by atoms with Crippen molar-refractivity contribution in [2.45, 2.75) is 13.2 Å². The molecule has 0 fully saturated rings. The average Bonchev–Trinajstić information content (AvgIpc) is 3.12. The molecule has 0 bridgehead atoms. The molecule has 3 rings (SSSR count). The molecule has 0 amide bonds. The number of aliphatic hydroxyl groups excluding tert-OH is 1. The lowest BCUT2D eigenvalue weighted by molar-refractivity contribution is 0.270. The van der Waals surface area contributed by atoms with E-state index in [0.717, 1.165) is 5.56 Å². The maximum Gasteiger partial charge on any atom is 0.175 e. The molecular formula is C23H20BrN5O3. The first-order valence-electron chi connectivity index (χ1n) is 9.56. The molecule has 9 heteroatoms. The number of aliphatic hydroxyl groups is 1. The third-order valence-corrected chi connectivity index (χ3v) is 5.17. The van der Waals surface area contributed by atoms with Crippen LogP contribution in [0.2, 0.25) is 0 Å². The number of nitrogen functional groups attached to an aromatic ring is 1. The van der Waals surface area contributed by atoms with Gasteiger partial charge in [0.1, 0.15) is 35.8 Å². The summed E-state index contributed by atoms with van der Waals surface area (Å²) in [5, 5.41) is 32.6. The molecule has 0 spiro atoms. The number of nitriles is 2. The lowest BCUT2D eigenvalue weighted by atomic mass is 10.1. The maximum atomic E-state index is 9.72. The number of anilines is 1. The molecule has 0 unspecified atom stereocenters. The Labute approximate surface area is 193 Å². The Morgan fingerprint density at radius 1 is 1.28 bits per heavy atom. The van der Waals surface area contributed by atoms with Gasteiger partial charge in [-0.3, -0.25) is 0 Å². The fraction of sp³-hybridized carbons (Fsp3) is 0.174. The molecule has 1 aromatic heterocycles. The molecule has 0 atom stereocenters. The summed E-state index contributed by atoms with van der Waals surface area (Å²) in [6, 6.07) is 17.3. The number of benzene rings is 2. The molecule has 162 valence electrons. The number of hydrogen-bond donors (Lipinski definition) is 2. The van der Waals surface area contributed by atoms with Crippen molar-refractivity contribution >= 4 is 33.4 Å². The van der Waals surface area contributed by atoms with E-state index < -0.39 is 0 Å². The van der Waals surface area contributed by atoms with Crippen LogP contribution in [0.1, 0.15) is 22.4 Å². The molecule has 0 saturated carbocycles. The normalized spacial score (nSPS) is 11.0. The van der Waals surface area contributed by atoms with Crippen LogP contribution in [0.3, 0.4) is 0 Å². The van der Waals surface area contributed by atoms with Gasteiger partial charge >= 0.3 is 0 Å². The first-order chi connectivity index (χ1) is 15.5. The van der Waals surface area contributed by atoms with Crippen LogP contribution < -0.4 is 15.2 Å². The van der Waals surface area contributed by atoms with Gasteiger partial charge in [-0.2, -0.15) is 15.6 Å². The number of methoxy groups -OCH3 is 1. The molecule has 0 aliphatic carbocycles. The number of halogens is 1. The monoisotopic (exact) mass is 493 g/mol. The van der Waals surface area contributed by atoms with E-state index in [1.54, 1.807) is 18.2 Å². The van der Waals surface area contributed by atoms with Crippen molar-refractivity contribution < 1.29 is 14.6 Å². The van der Waals surface area contributed by atoms with Crippen molar-refractivity contribution in [1.82, 2.24) is 9.78 Å². The van der Waals surface area contributed by atoms with E-state index >= 15 is 0 Å².